The molecule has 0 saturated carbocycles. The summed E-state index contributed by atoms with van der Waals surface area (Å²) in [5, 5.41) is 4.32. The molecule has 1 fully saturated rings. The van der Waals surface area contributed by atoms with E-state index in [9.17, 15) is 31.5 Å². The first-order valence-corrected chi connectivity index (χ1v) is 11.5. The van der Waals surface area contributed by atoms with Gasteiger partial charge in [0.05, 0.1) is 12.1 Å². The summed E-state index contributed by atoms with van der Waals surface area (Å²) >= 11 is 0. The Morgan fingerprint density at radius 1 is 1.03 bits per heavy atom. The zero-order valence-corrected chi connectivity index (χ0v) is 19.8. The fourth-order valence-corrected chi connectivity index (χ4v) is 3.94. The summed E-state index contributed by atoms with van der Waals surface area (Å²) in [7, 11) is 0. The van der Waals surface area contributed by atoms with Gasteiger partial charge in [0.25, 0.3) is 17.7 Å². The van der Waals surface area contributed by atoms with E-state index in [2.05, 4.69) is 19.8 Å². The summed E-state index contributed by atoms with van der Waals surface area (Å²) in [5.74, 6) is -7.92. The van der Waals surface area contributed by atoms with E-state index in [1.54, 1.807) is 36.5 Å². The minimum absolute atomic E-state index is 0.0319. The molecule has 1 atom stereocenters. The number of amides is 1. The lowest BCUT2D eigenvalue weighted by Crippen LogP contribution is -2.55. The summed E-state index contributed by atoms with van der Waals surface area (Å²) < 4.78 is 79.7. The van der Waals surface area contributed by atoms with Gasteiger partial charge in [0.15, 0.2) is 17.7 Å². The lowest BCUT2D eigenvalue weighted by atomic mass is 10.0. The van der Waals surface area contributed by atoms with E-state index in [-0.39, 0.29) is 23.1 Å². The SMILES string of the molecule is O=C(c1cccc(-n2cccn2)n1)N1CCC(F)(F)[C@@H](Oc2nc3ccccc3cc2OC(=O)C(F)(F)F)C1. The molecule has 202 valence electrons. The van der Waals surface area contributed by atoms with Gasteiger partial charge in [-0.15, -0.1) is 0 Å². The molecule has 1 aromatic carbocycles. The van der Waals surface area contributed by atoms with Gasteiger partial charge in [-0.25, -0.2) is 28.2 Å². The zero-order chi connectivity index (χ0) is 27.8. The van der Waals surface area contributed by atoms with Crippen LogP contribution in [0.1, 0.15) is 16.9 Å². The molecule has 1 saturated heterocycles. The van der Waals surface area contributed by atoms with Crippen LogP contribution in [-0.2, 0) is 4.79 Å². The van der Waals surface area contributed by atoms with Crippen molar-refractivity contribution in [3.63, 3.8) is 0 Å². The fraction of sp³-hybridized carbons (Fsp3) is 0.240. The number of likely N-dealkylation sites (tertiary alicyclic amines) is 1. The standard InChI is InChI=1S/C25H18F5N5O4/c26-24(27)9-12-34(22(36)17-7-3-8-20(32-17)35-11-4-10-31-35)14-19(24)39-21-18(38-23(37)25(28,29)30)13-15-5-1-2-6-16(15)33-21/h1-8,10-11,13,19H,9,12,14H2/t19-/m0/s1. The van der Waals surface area contributed by atoms with Crippen molar-refractivity contribution in [2.24, 2.45) is 0 Å². The minimum atomic E-state index is -5.35. The number of esters is 1. The summed E-state index contributed by atoms with van der Waals surface area (Å²) in [6.07, 6.45) is -5.03. The third-order valence-electron chi connectivity index (χ3n) is 5.90. The highest BCUT2D eigenvalue weighted by Crippen LogP contribution is 2.37. The topological polar surface area (TPSA) is 99.4 Å². The molecular formula is C25H18F5N5O4. The maximum atomic E-state index is 14.9. The molecule has 1 aliphatic rings. The predicted molar refractivity (Wildman–Crippen MR) is 125 cm³/mol. The number of hydrogen-bond acceptors (Lipinski definition) is 7. The van der Waals surface area contributed by atoms with Gasteiger partial charge < -0.3 is 14.4 Å². The van der Waals surface area contributed by atoms with Gasteiger partial charge >= 0.3 is 12.1 Å². The summed E-state index contributed by atoms with van der Waals surface area (Å²) in [4.78, 5) is 34.0. The first-order valence-electron chi connectivity index (χ1n) is 11.5. The Labute approximate surface area is 216 Å². The highest BCUT2D eigenvalue weighted by Gasteiger charge is 2.48. The third-order valence-corrected chi connectivity index (χ3v) is 5.90. The molecule has 4 aromatic rings. The number of nitrogens with zero attached hydrogens (tertiary/aromatic N) is 5. The molecule has 5 rings (SSSR count). The van der Waals surface area contributed by atoms with Crippen LogP contribution in [0.2, 0.25) is 0 Å². The van der Waals surface area contributed by atoms with Gasteiger partial charge in [-0.1, -0.05) is 24.3 Å². The first kappa shape index (κ1) is 26.0. The predicted octanol–water partition coefficient (Wildman–Crippen LogP) is 4.21. The molecule has 0 bridgehead atoms. The number of hydrogen-bond donors (Lipinski definition) is 0. The van der Waals surface area contributed by atoms with Gasteiger partial charge in [0.2, 0.25) is 0 Å². The Bertz CT molecular complexity index is 1530. The molecule has 39 heavy (non-hydrogen) atoms. The van der Waals surface area contributed by atoms with Crippen LogP contribution >= 0.6 is 0 Å². The average Bonchev–Trinajstić information content (AvgIpc) is 3.44. The van der Waals surface area contributed by atoms with Crippen molar-refractivity contribution in [2.75, 3.05) is 13.1 Å². The highest BCUT2D eigenvalue weighted by atomic mass is 19.4. The van der Waals surface area contributed by atoms with Crippen LogP contribution < -0.4 is 9.47 Å². The van der Waals surface area contributed by atoms with Crippen LogP contribution in [0.15, 0.2) is 67.0 Å². The van der Waals surface area contributed by atoms with Crippen molar-refractivity contribution in [1.82, 2.24) is 24.6 Å². The molecule has 0 radical (unpaired) electrons. The summed E-state index contributed by atoms with van der Waals surface area (Å²) in [6, 6.07) is 13.4. The number of benzene rings is 1. The van der Waals surface area contributed by atoms with E-state index >= 15 is 0 Å². The van der Waals surface area contributed by atoms with Crippen LogP contribution in [0.25, 0.3) is 16.7 Å². The summed E-state index contributed by atoms with van der Waals surface area (Å²) in [5.41, 5.74) is 0.168. The van der Waals surface area contributed by atoms with Crippen LogP contribution in [0.3, 0.4) is 0 Å². The third kappa shape index (κ3) is 5.49. The molecule has 0 N–H and O–H groups in total. The van der Waals surface area contributed by atoms with Crippen LogP contribution in [0.5, 0.6) is 11.6 Å². The smallest absolute Gasteiger partial charge is 0.463 e. The fourth-order valence-electron chi connectivity index (χ4n) is 3.94. The number of carbonyl (C=O) groups excluding carboxylic acids is 2. The molecule has 0 spiro atoms. The number of aromatic nitrogens is 4. The van der Waals surface area contributed by atoms with Crippen LogP contribution in [-0.4, -0.2) is 67.8 Å². The first-order chi connectivity index (χ1) is 18.5. The van der Waals surface area contributed by atoms with Crippen molar-refractivity contribution < 1.29 is 41.0 Å². The lowest BCUT2D eigenvalue weighted by Gasteiger charge is -2.37. The van der Waals surface area contributed by atoms with E-state index in [1.165, 1.54) is 29.1 Å². The zero-order valence-electron chi connectivity index (χ0n) is 19.8. The number of ether oxygens (including phenoxy) is 2. The Morgan fingerprint density at radius 3 is 2.56 bits per heavy atom. The number of piperidine rings is 1. The minimum Gasteiger partial charge on any atom is -0.463 e. The van der Waals surface area contributed by atoms with E-state index in [1.807, 2.05) is 0 Å². The number of rotatable bonds is 5. The molecule has 14 heteroatoms. The van der Waals surface area contributed by atoms with Gasteiger partial charge in [-0.2, -0.15) is 18.3 Å². The molecule has 0 unspecified atom stereocenters. The van der Waals surface area contributed by atoms with Gasteiger partial charge in [-0.3, -0.25) is 4.79 Å². The van der Waals surface area contributed by atoms with Crippen molar-refractivity contribution in [3.8, 4) is 17.4 Å². The van der Waals surface area contributed by atoms with E-state index in [0.717, 1.165) is 11.0 Å². The number of para-hydroxylation sites is 1. The van der Waals surface area contributed by atoms with E-state index in [0.29, 0.717) is 5.82 Å². The quantitative estimate of drug-likeness (QED) is 0.273. The maximum absolute atomic E-state index is 14.9. The monoisotopic (exact) mass is 547 g/mol. The van der Waals surface area contributed by atoms with Crippen LogP contribution in [0, 0.1) is 0 Å². The molecule has 0 aliphatic carbocycles. The van der Waals surface area contributed by atoms with Crippen LogP contribution in [0.4, 0.5) is 22.0 Å². The Morgan fingerprint density at radius 2 is 1.82 bits per heavy atom. The lowest BCUT2D eigenvalue weighted by molar-refractivity contribution is -0.190. The largest absolute Gasteiger partial charge is 0.491 e. The molecule has 1 aliphatic heterocycles. The average molecular weight is 547 g/mol. The second-order valence-electron chi connectivity index (χ2n) is 8.57. The molecule has 4 heterocycles. The van der Waals surface area contributed by atoms with Crippen molar-refractivity contribution >= 4 is 22.8 Å². The van der Waals surface area contributed by atoms with Gasteiger partial charge in [0.1, 0.15) is 5.69 Å². The highest BCUT2D eigenvalue weighted by molar-refractivity contribution is 5.92. The maximum Gasteiger partial charge on any atom is 0.491 e. The second-order valence-corrected chi connectivity index (χ2v) is 8.57. The number of fused-ring (bicyclic) bond motifs is 1. The number of halogens is 5. The van der Waals surface area contributed by atoms with Crippen molar-refractivity contribution in [3.05, 3.63) is 72.7 Å². The summed E-state index contributed by atoms with van der Waals surface area (Å²) in [6.45, 7) is -0.971. The van der Waals surface area contributed by atoms with Crippen molar-refractivity contribution in [1.29, 1.82) is 0 Å². The molecule has 9 nitrogen and oxygen atoms in total. The van der Waals surface area contributed by atoms with Crippen molar-refractivity contribution in [2.45, 2.75) is 24.6 Å². The molecular weight excluding hydrogens is 529 g/mol. The molecule has 1 amide bonds. The van der Waals surface area contributed by atoms with E-state index in [4.69, 9.17) is 4.74 Å². The number of carbonyl (C=O) groups is 2. The number of pyridine rings is 2. The van der Waals surface area contributed by atoms with Gasteiger partial charge in [0, 0.05) is 30.7 Å². The Balaban J connectivity index is 1.42. The molecule has 3 aromatic heterocycles. The Kier molecular flexibility index (Phi) is 6.62. The van der Waals surface area contributed by atoms with E-state index < -0.39 is 54.7 Å². The van der Waals surface area contributed by atoms with Gasteiger partial charge in [-0.05, 0) is 30.3 Å². The number of alkyl halides is 5. The Hall–Kier alpha value is -4.62. The second kappa shape index (κ2) is 9.93. The normalized spacial score (nSPS) is 17.2.